The Hall–Kier alpha value is -2.19. The molecule has 20 heavy (non-hydrogen) atoms. The van der Waals surface area contributed by atoms with E-state index in [9.17, 15) is 9.59 Å². The molecule has 1 heterocycles. The number of aromatic nitrogens is 2. The highest BCUT2D eigenvalue weighted by molar-refractivity contribution is 9.10. The summed E-state index contributed by atoms with van der Waals surface area (Å²) in [4.78, 5) is 22.8. The maximum atomic E-state index is 11.5. The van der Waals surface area contributed by atoms with Crippen molar-refractivity contribution in [1.82, 2.24) is 9.78 Å². The highest BCUT2D eigenvalue weighted by Gasteiger charge is 2.21. The van der Waals surface area contributed by atoms with E-state index < -0.39 is 11.8 Å². The number of rotatable bonds is 4. The predicted octanol–water partition coefficient (Wildman–Crippen LogP) is 0.291. The van der Waals surface area contributed by atoms with Gasteiger partial charge in [-0.2, -0.15) is 5.10 Å². The first-order valence-corrected chi connectivity index (χ1v) is 6.41. The fraction of sp³-hybridized carbons (Fsp3) is 0.0833. The quantitative estimate of drug-likeness (QED) is 0.740. The molecule has 0 unspecified atom stereocenters. The summed E-state index contributed by atoms with van der Waals surface area (Å²) in [6.07, 6.45) is 1.21. The summed E-state index contributed by atoms with van der Waals surface area (Å²) in [7, 11) is 0. The molecule has 0 bridgehead atoms. The van der Waals surface area contributed by atoms with Crippen molar-refractivity contribution in [2.45, 2.75) is 6.54 Å². The van der Waals surface area contributed by atoms with Gasteiger partial charge in [0.1, 0.15) is 5.69 Å². The van der Waals surface area contributed by atoms with E-state index in [1.54, 1.807) is 12.1 Å². The average molecular weight is 338 g/mol. The normalized spacial score (nSPS) is 10.5. The van der Waals surface area contributed by atoms with Gasteiger partial charge in [0.25, 0.3) is 11.8 Å². The first-order chi connectivity index (χ1) is 9.43. The number of primary amides is 2. The van der Waals surface area contributed by atoms with Crippen LogP contribution in [0.2, 0.25) is 0 Å². The van der Waals surface area contributed by atoms with Gasteiger partial charge in [-0.25, -0.2) is 4.68 Å². The molecule has 104 valence electrons. The lowest BCUT2D eigenvalue weighted by Crippen LogP contribution is -2.22. The Morgan fingerprint density at radius 3 is 2.45 bits per heavy atom. The number of carbonyl (C=O) groups is 2. The summed E-state index contributed by atoms with van der Waals surface area (Å²) >= 11 is 3.34. The largest absolute Gasteiger partial charge is 0.365 e. The summed E-state index contributed by atoms with van der Waals surface area (Å²) in [6, 6.07) is 5.31. The second-order valence-corrected chi connectivity index (χ2v) is 4.98. The molecule has 2 rings (SSSR count). The van der Waals surface area contributed by atoms with Crippen molar-refractivity contribution in [2.24, 2.45) is 17.2 Å². The lowest BCUT2D eigenvalue weighted by Gasteiger charge is -2.08. The van der Waals surface area contributed by atoms with E-state index in [-0.39, 0.29) is 11.3 Å². The van der Waals surface area contributed by atoms with Crippen molar-refractivity contribution in [3.05, 3.63) is 45.7 Å². The third-order valence-electron chi connectivity index (χ3n) is 2.69. The van der Waals surface area contributed by atoms with Crippen molar-refractivity contribution in [2.75, 3.05) is 0 Å². The Morgan fingerprint density at radius 2 is 1.90 bits per heavy atom. The molecule has 1 aromatic heterocycles. The van der Waals surface area contributed by atoms with E-state index in [1.807, 2.05) is 6.07 Å². The number of carbonyl (C=O) groups excluding carboxylic acids is 2. The maximum Gasteiger partial charge on any atom is 0.268 e. The molecule has 6 N–H and O–H groups in total. The Morgan fingerprint density at radius 1 is 1.20 bits per heavy atom. The van der Waals surface area contributed by atoms with Crippen LogP contribution in [0.15, 0.2) is 28.9 Å². The lowest BCUT2D eigenvalue weighted by atomic mass is 10.2. The number of hydrogen-bond donors (Lipinski definition) is 3. The zero-order valence-electron chi connectivity index (χ0n) is 10.3. The molecule has 0 saturated heterocycles. The smallest absolute Gasteiger partial charge is 0.268 e. The van der Waals surface area contributed by atoms with Crippen molar-refractivity contribution in [3.63, 3.8) is 0 Å². The molecule has 0 aliphatic heterocycles. The van der Waals surface area contributed by atoms with E-state index in [1.165, 1.54) is 10.9 Å². The van der Waals surface area contributed by atoms with Gasteiger partial charge in [0, 0.05) is 11.0 Å². The number of benzene rings is 1. The Bertz CT molecular complexity index is 695. The summed E-state index contributed by atoms with van der Waals surface area (Å²) < 4.78 is 2.04. The van der Waals surface area contributed by atoms with E-state index in [4.69, 9.17) is 17.2 Å². The van der Waals surface area contributed by atoms with Crippen molar-refractivity contribution in [3.8, 4) is 5.69 Å². The average Bonchev–Trinajstić information content (AvgIpc) is 2.82. The standard InChI is InChI=1S/C12H12BrN5O2/c13-7-1-6(4-14)2-8(3-7)18-10(12(16)20)9(5-17-18)11(15)19/h1-3,5H,4,14H2,(H2,15,19)(H2,16,20). The minimum atomic E-state index is -0.787. The van der Waals surface area contributed by atoms with Crippen molar-refractivity contribution < 1.29 is 9.59 Å². The van der Waals surface area contributed by atoms with Gasteiger partial charge in [0.2, 0.25) is 0 Å². The van der Waals surface area contributed by atoms with Crippen LogP contribution in [0.3, 0.4) is 0 Å². The van der Waals surface area contributed by atoms with Gasteiger partial charge in [0.15, 0.2) is 0 Å². The van der Waals surface area contributed by atoms with Crippen molar-refractivity contribution >= 4 is 27.7 Å². The molecule has 1 aromatic carbocycles. The molecule has 2 aromatic rings. The van der Waals surface area contributed by atoms with E-state index in [0.29, 0.717) is 12.2 Å². The van der Waals surface area contributed by atoms with Gasteiger partial charge in [-0.05, 0) is 23.8 Å². The molecule has 0 radical (unpaired) electrons. The maximum absolute atomic E-state index is 11.5. The molecule has 0 aliphatic rings. The SMILES string of the molecule is NCc1cc(Br)cc(-n2ncc(C(N)=O)c2C(N)=O)c1. The summed E-state index contributed by atoms with van der Waals surface area (Å²) in [6.45, 7) is 0.322. The second kappa shape index (κ2) is 5.43. The topological polar surface area (TPSA) is 130 Å². The molecule has 0 fully saturated rings. The van der Waals surface area contributed by atoms with Gasteiger partial charge in [-0.1, -0.05) is 15.9 Å². The van der Waals surface area contributed by atoms with E-state index >= 15 is 0 Å². The monoisotopic (exact) mass is 337 g/mol. The third-order valence-corrected chi connectivity index (χ3v) is 3.15. The first kappa shape index (κ1) is 14.2. The Kier molecular flexibility index (Phi) is 3.86. The van der Waals surface area contributed by atoms with Gasteiger partial charge < -0.3 is 17.2 Å². The lowest BCUT2D eigenvalue weighted by molar-refractivity contribution is 0.0963. The van der Waals surface area contributed by atoms with Crippen LogP contribution in [0.25, 0.3) is 5.69 Å². The third kappa shape index (κ3) is 2.56. The van der Waals surface area contributed by atoms with Crippen LogP contribution in [-0.4, -0.2) is 21.6 Å². The Balaban J connectivity index is 2.67. The molecular formula is C12H12BrN5O2. The summed E-state index contributed by atoms with van der Waals surface area (Å²) in [5.74, 6) is -1.55. The van der Waals surface area contributed by atoms with Gasteiger partial charge in [0.05, 0.1) is 17.4 Å². The van der Waals surface area contributed by atoms with Crippen LogP contribution in [-0.2, 0) is 6.54 Å². The molecule has 0 saturated carbocycles. The molecule has 0 atom stereocenters. The van der Waals surface area contributed by atoms with Crippen LogP contribution >= 0.6 is 15.9 Å². The Labute approximate surface area is 122 Å². The fourth-order valence-corrected chi connectivity index (χ4v) is 2.36. The first-order valence-electron chi connectivity index (χ1n) is 5.61. The number of nitrogens with zero attached hydrogens (tertiary/aromatic N) is 2. The highest BCUT2D eigenvalue weighted by atomic mass is 79.9. The highest BCUT2D eigenvalue weighted by Crippen LogP contribution is 2.21. The fourth-order valence-electron chi connectivity index (χ4n) is 1.84. The number of hydrogen-bond acceptors (Lipinski definition) is 4. The number of amides is 2. The number of halogens is 1. The van der Waals surface area contributed by atoms with Crippen LogP contribution in [0.1, 0.15) is 26.4 Å². The van der Waals surface area contributed by atoms with Crippen LogP contribution in [0.5, 0.6) is 0 Å². The molecule has 2 amide bonds. The van der Waals surface area contributed by atoms with Gasteiger partial charge in [-0.3, -0.25) is 9.59 Å². The minimum Gasteiger partial charge on any atom is -0.365 e. The molecule has 0 aliphatic carbocycles. The number of nitrogens with two attached hydrogens (primary N) is 3. The van der Waals surface area contributed by atoms with Crippen molar-refractivity contribution in [1.29, 1.82) is 0 Å². The van der Waals surface area contributed by atoms with Crippen LogP contribution in [0.4, 0.5) is 0 Å². The predicted molar refractivity (Wildman–Crippen MR) is 76.2 cm³/mol. The minimum absolute atomic E-state index is 0.0215. The van der Waals surface area contributed by atoms with Gasteiger partial charge >= 0.3 is 0 Å². The van der Waals surface area contributed by atoms with Gasteiger partial charge in [-0.15, -0.1) is 0 Å². The van der Waals surface area contributed by atoms with Crippen LogP contribution < -0.4 is 17.2 Å². The molecular weight excluding hydrogens is 326 g/mol. The second-order valence-electron chi connectivity index (χ2n) is 4.07. The molecule has 7 nitrogen and oxygen atoms in total. The van der Waals surface area contributed by atoms with E-state index in [0.717, 1.165) is 10.0 Å². The molecule has 8 heteroatoms. The molecule has 0 spiro atoms. The summed E-state index contributed by atoms with van der Waals surface area (Å²) in [5.41, 5.74) is 17.4. The zero-order chi connectivity index (χ0) is 14.9. The zero-order valence-corrected chi connectivity index (χ0v) is 11.9. The van der Waals surface area contributed by atoms with E-state index in [2.05, 4.69) is 21.0 Å². The van der Waals surface area contributed by atoms with Crippen LogP contribution in [0, 0.1) is 0 Å². The summed E-state index contributed by atoms with van der Waals surface area (Å²) in [5, 5.41) is 4.00.